The minimum Gasteiger partial charge on any atom is -0.296 e. The average Bonchev–Trinajstić information content (AvgIpc) is 2.39. The highest BCUT2D eigenvalue weighted by Gasteiger charge is 2.20. The topological polar surface area (TPSA) is 39.9 Å². The van der Waals surface area contributed by atoms with Gasteiger partial charge in [0, 0.05) is 18.8 Å². The fourth-order valence-corrected chi connectivity index (χ4v) is 2.60. The van der Waals surface area contributed by atoms with Crippen molar-refractivity contribution in [1.29, 1.82) is 5.26 Å². The Labute approximate surface area is 103 Å². The molecule has 1 aromatic heterocycles. The number of rotatable bonds is 3. The molecule has 1 aliphatic rings. The smallest absolute Gasteiger partial charge is 0.140 e. The monoisotopic (exact) mass is 229 g/mol. The first-order valence-electron chi connectivity index (χ1n) is 6.42. The van der Waals surface area contributed by atoms with Crippen molar-refractivity contribution < 1.29 is 0 Å². The van der Waals surface area contributed by atoms with Crippen LogP contribution in [0.5, 0.6) is 0 Å². The molecular weight excluding hydrogens is 210 g/mol. The predicted molar refractivity (Wildman–Crippen MR) is 67.3 cm³/mol. The van der Waals surface area contributed by atoms with Crippen molar-refractivity contribution in [3.8, 4) is 6.07 Å². The van der Waals surface area contributed by atoms with Crippen LogP contribution in [0.2, 0.25) is 0 Å². The second-order valence-corrected chi connectivity index (χ2v) is 4.69. The van der Waals surface area contributed by atoms with Gasteiger partial charge in [0.25, 0.3) is 0 Å². The number of hydrogen-bond acceptors (Lipinski definition) is 3. The molecule has 1 atom stereocenters. The zero-order valence-electron chi connectivity index (χ0n) is 10.4. The summed E-state index contributed by atoms with van der Waals surface area (Å²) in [5.41, 5.74) is 1.73. The summed E-state index contributed by atoms with van der Waals surface area (Å²) in [6, 6.07) is 6.73. The van der Waals surface area contributed by atoms with Gasteiger partial charge in [-0.15, -0.1) is 0 Å². The third-order valence-electron chi connectivity index (χ3n) is 3.54. The third kappa shape index (κ3) is 3.04. The van der Waals surface area contributed by atoms with E-state index < -0.39 is 0 Å². The molecule has 1 saturated heterocycles. The number of nitrogens with zero attached hydrogens (tertiary/aromatic N) is 3. The van der Waals surface area contributed by atoms with Gasteiger partial charge in [-0.2, -0.15) is 5.26 Å². The number of piperidine rings is 1. The Hall–Kier alpha value is -1.40. The lowest BCUT2D eigenvalue weighted by molar-refractivity contribution is 0.136. The van der Waals surface area contributed by atoms with E-state index in [0.717, 1.165) is 6.54 Å². The molecule has 0 spiro atoms. The first-order chi connectivity index (χ1) is 8.33. The van der Waals surface area contributed by atoms with Crippen molar-refractivity contribution in [1.82, 2.24) is 9.88 Å². The van der Waals surface area contributed by atoms with Gasteiger partial charge in [-0.3, -0.25) is 4.90 Å². The van der Waals surface area contributed by atoms with E-state index in [9.17, 15) is 0 Å². The second kappa shape index (κ2) is 5.79. The second-order valence-electron chi connectivity index (χ2n) is 4.69. The van der Waals surface area contributed by atoms with Crippen LogP contribution in [0.1, 0.15) is 43.9 Å². The quantitative estimate of drug-likeness (QED) is 0.800. The zero-order chi connectivity index (χ0) is 12.1. The molecule has 3 nitrogen and oxygen atoms in total. The predicted octanol–water partition coefficient (Wildman–Crippen LogP) is 2.72. The minimum atomic E-state index is 0.521. The zero-order valence-corrected chi connectivity index (χ0v) is 10.4. The van der Waals surface area contributed by atoms with Gasteiger partial charge >= 0.3 is 0 Å². The first kappa shape index (κ1) is 12.1. The van der Waals surface area contributed by atoms with Crippen LogP contribution in [-0.4, -0.2) is 22.5 Å². The van der Waals surface area contributed by atoms with Gasteiger partial charge in [0.2, 0.25) is 0 Å². The van der Waals surface area contributed by atoms with Crippen molar-refractivity contribution >= 4 is 0 Å². The highest BCUT2D eigenvalue weighted by molar-refractivity contribution is 5.25. The fourth-order valence-electron chi connectivity index (χ4n) is 2.60. The van der Waals surface area contributed by atoms with E-state index in [2.05, 4.69) is 22.9 Å². The normalized spacial score (nSPS) is 21.1. The van der Waals surface area contributed by atoms with E-state index in [0.29, 0.717) is 11.7 Å². The maximum absolute atomic E-state index is 8.84. The Kier molecular flexibility index (Phi) is 4.11. The molecule has 90 valence electrons. The van der Waals surface area contributed by atoms with Crippen molar-refractivity contribution in [2.45, 2.75) is 45.2 Å². The molecule has 3 heteroatoms. The summed E-state index contributed by atoms with van der Waals surface area (Å²) in [7, 11) is 0. The van der Waals surface area contributed by atoms with Crippen LogP contribution in [0.25, 0.3) is 0 Å². The van der Waals surface area contributed by atoms with Gasteiger partial charge in [-0.1, -0.05) is 13.3 Å². The summed E-state index contributed by atoms with van der Waals surface area (Å²) < 4.78 is 0. The van der Waals surface area contributed by atoms with Crippen LogP contribution in [0.4, 0.5) is 0 Å². The third-order valence-corrected chi connectivity index (χ3v) is 3.54. The maximum Gasteiger partial charge on any atom is 0.140 e. The molecule has 17 heavy (non-hydrogen) atoms. The molecule has 0 saturated carbocycles. The molecule has 1 aliphatic heterocycles. The van der Waals surface area contributed by atoms with E-state index >= 15 is 0 Å². The Balaban J connectivity index is 2.06. The summed E-state index contributed by atoms with van der Waals surface area (Å²) in [5.74, 6) is 0. The van der Waals surface area contributed by atoms with Gasteiger partial charge in [0.1, 0.15) is 11.8 Å². The Morgan fingerprint density at radius 3 is 3.18 bits per heavy atom. The molecule has 1 aromatic rings. The van der Waals surface area contributed by atoms with Crippen molar-refractivity contribution in [2.75, 3.05) is 6.54 Å². The lowest BCUT2D eigenvalue weighted by Crippen LogP contribution is -2.38. The van der Waals surface area contributed by atoms with Crippen LogP contribution >= 0.6 is 0 Å². The van der Waals surface area contributed by atoms with Crippen LogP contribution in [-0.2, 0) is 6.54 Å². The standard InChI is InChI=1S/C14H19N3/c1-2-14-5-3-4-8-17(14)11-12-6-7-16-13(9-12)10-15/h6-7,9,14H,2-5,8,11H2,1H3. The largest absolute Gasteiger partial charge is 0.296 e. The molecule has 0 N–H and O–H groups in total. The molecule has 0 radical (unpaired) electrons. The van der Waals surface area contributed by atoms with E-state index in [1.807, 2.05) is 12.1 Å². The Morgan fingerprint density at radius 1 is 1.53 bits per heavy atom. The molecule has 0 aromatic carbocycles. The fraction of sp³-hybridized carbons (Fsp3) is 0.571. The Bertz CT molecular complexity index is 408. The summed E-state index contributed by atoms with van der Waals surface area (Å²) in [6.45, 7) is 4.40. The van der Waals surface area contributed by atoms with Crippen LogP contribution < -0.4 is 0 Å². The lowest BCUT2D eigenvalue weighted by Gasteiger charge is -2.35. The Morgan fingerprint density at radius 2 is 2.41 bits per heavy atom. The minimum absolute atomic E-state index is 0.521. The van der Waals surface area contributed by atoms with Crippen molar-refractivity contribution in [2.24, 2.45) is 0 Å². The molecule has 0 aliphatic carbocycles. The average molecular weight is 229 g/mol. The molecule has 1 unspecified atom stereocenters. The molecule has 2 rings (SSSR count). The highest BCUT2D eigenvalue weighted by Crippen LogP contribution is 2.21. The van der Waals surface area contributed by atoms with Gasteiger partial charge < -0.3 is 0 Å². The first-order valence-corrected chi connectivity index (χ1v) is 6.42. The van der Waals surface area contributed by atoms with E-state index in [4.69, 9.17) is 5.26 Å². The highest BCUT2D eigenvalue weighted by atomic mass is 15.2. The summed E-state index contributed by atoms with van der Waals surface area (Å²) in [5, 5.41) is 8.84. The summed E-state index contributed by atoms with van der Waals surface area (Å²) >= 11 is 0. The van der Waals surface area contributed by atoms with Gasteiger partial charge in [-0.25, -0.2) is 4.98 Å². The molecule has 2 heterocycles. The van der Waals surface area contributed by atoms with Crippen LogP contribution in [0.3, 0.4) is 0 Å². The van der Waals surface area contributed by atoms with Gasteiger partial charge in [0.15, 0.2) is 0 Å². The van der Waals surface area contributed by atoms with E-state index in [1.54, 1.807) is 6.20 Å². The molecule has 0 amide bonds. The number of hydrogen-bond donors (Lipinski definition) is 0. The molecule has 1 fully saturated rings. The summed E-state index contributed by atoms with van der Waals surface area (Å²) in [4.78, 5) is 6.55. The van der Waals surface area contributed by atoms with Crippen molar-refractivity contribution in [3.63, 3.8) is 0 Å². The number of nitriles is 1. The number of likely N-dealkylation sites (tertiary alicyclic amines) is 1. The molecule has 0 bridgehead atoms. The van der Waals surface area contributed by atoms with Gasteiger partial charge in [0.05, 0.1) is 0 Å². The maximum atomic E-state index is 8.84. The lowest BCUT2D eigenvalue weighted by atomic mass is 9.99. The SMILES string of the molecule is CCC1CCCCN1Cc1ccnc(C#N)c1. The molecular formula is C14H19N3. The van der Waals surface area contributed by atoms with Crippen LogP contribution in [0.15, 0.2) is 18.3 Å². The van der Waals surface area contributed by atoms with Gasteiger partial charge in [-0.05, 0) is 43.5 Å². The van der Waals surface area contributed by atoms with E-state index in [-0.39, 0.29) is 0 Å². The number of pyridine rings is 1. The van der Waals surface area contributed by atoms with Crippen LogP contribution in [0, 0.1) is 11.3 Å². The van der Waals surface area contributed by atoms with Crippen molar-refractivity contribution in [3.05, 3.63) is 29.6 Å². The van der Waals surface area contributed by atoms with E-state index in [1.165, 1.54) is 37.8 Å². The summed E-state index contributed by atoms with van der Waals surface area (Å²) in [6.07, 6.45) is 6.92. The number of aromatic nitrogens is 1.